The highest BCUT2D eigenvalue weighted by molar-refractivity contribution is 7.86. The van der Waals surface area contributed by atoms with Crippen molar-refractivity contribution in [3.05, 3.63) is 87.6 Å². The zero-order valence-electron chi connectivity index (χ0n) is 17.0. The Morgan fingerprint density at radius 1 is 1.09 bits per heavy atom. The number of ether oxygens (including phenoxy) is 1. The molecule has 0 amide bonds. The molecule has 0 unspecified atom stereocenters. The second kappa shape index (κ2) is 8.95. The van der Waals surface area contributed by atoms with Gasteiger partial charge in [-0.05, 0) is 42.5 Å². The molecule has 10 nitrogen and oxygen atoms in total. The summed E-state index contributed by atoms with van der Waals surface area (Å²) >= 11 is 5.90. The number of halogens is 1. The molecule has 0 aliphatic heterocycles. The number of aromatic nitrogens is 1. The van der Waals surface area contributed by atoms with Gasteiger partial charge in [0.25, 0.3) is 15.8 Å². The molecule has 170 valence electrons. The molecule has 0 saturated heterocycles. The summed E-state index contributed by atoms with van der Waals surface area (Å²) in [7, 11) is -4.45. The normalized spacial score (nSPS) is 11.1. The standard InChI is InChI=1S/C22H13ClN4O6S/c23-19-10-17(6-8-21(19)34(30,31)32)33-16-4-1-14(2-5-16)26-22-13(11-24)12-25-20-7-3-15(27(28)29)9-18(20)22/h1-10,12H,(H,25,26)(H,30,31,32). The number of rotatable bonds is 6. The summed E-state index contributed by atoms with van der Waals surface area (Å²) in [6, 6.07) is 16.5. The van der Waals surface area contributed by atoms with E-state index < -0.39 is 19.9 Å². The number of nitro benzene ring substituents is 1. The maximum absolute atomic E-state index is 11.3. The van der Waals surface area contributed by atoms with Gasteiger partial charge < -0.3 is 10.1 Å². The van der Waals surface area contributed by atoms with Crippen LogP contribution in [0.25, 0.3) is 10.9 Å². The number of hydrogen-bond donors (Lipinski definition) is 2. The minimum atomic E-state index is -4.45. The highest BCUT2D eigenvalue weighted by Gasteiger charge is 2.16. The molecule has 2 N–H and O–H groups in total. The molecule has 3 aromatic carbocycles. The summed E-state index contributed by atoms with van der Waals surface area (Å²) < 4.78 is 37.3. The number of nitrogens with zero attached hydrogens (tertiary/aromatic N) is 3. The average Bonchev–Trinajstić information content (AvgIpc) is 2.79. The number of nitro groups is 1. The summed E-state index contributed by atoms with van der Waals surface area (Å²) in [5, 5.41) is 24.0. The zero-order chi connectivity index (χ0) is 24.5. The fraction of sp³-hybridized carbons (Fsp3) is 0. The number of benzene rings is 3. The van der Waals surface area contributed by atoms with Crippen molar-refractivity contribution in [2.75, 3.05) is 5.32 Å². The molecule has 12 heteroatoms. The molecule has 0 spiro atoms. The molecular weight excluding hydrogens is 484 g/mol. The molecule has 4 rings (SSSR count). The quantitative estimate of drug-likeness (QED) is 0.201. The smallest absolute Gasteiger partial charge is 0.296 e. The Balaban J connectivity index is 1.61. The van der Waals surface area contributed by atoms with Crippen molar-refractivity contribution in [3.63, 3.8) is 0 Å². The van der Waals surface area contributed by atoms with Crippen LogP contribution in [-0.2, 0) is 10.1 Å². The van der Waals surface area contributed by atoms with Crippen molar-refractivity contribution < 1.29 is 22.6 Å². The van der Waals surface area contributed by atoms with Crippen molar-refractivity contribution in [1.82, 2.24) is 4.98 Å². The molecule has 0 atom stereocenters. The van der Waals surface area contributed by atoms with E-state index in [0.717, 1.165) is 6.07 Å². The number of fused-ring (bicyclic) bond motifs is 1. The fourth-order valence-corrected chi connectivity index (χ4v) is 4.16. The largest absolute Gasteiger partial charge is 0.457 e. The predicted octanol–water partition coefficient (Wildman–Crippen LogP) is 5.45. The Morgan fingerprint density at radius 3 is 2.41 bits per heavy atom. The van der Waals surface area contributed by atoms with Crippen LogP contribution >= 0.6 is 11.6 Å². The van der Waals surface area contributed by atoms with Crippen LogP contribution in [0.4, 0.5) is 17.1 Å². The van der Waals surface area contributed by atoms with E-state index in [1.54, 1.807) is 24.3 Å². The summed E-state index contributed by atoms with van der Waals surface area (Å²) in [5.41, 5.74) is 1.51. The third-order valence-corrected chi connectivity index (χ3v) is 6.06. The first-order chi connectivity index (χ1) is 16.2. The van der Waals surface area contributed by atoms with Crippen LogP contribution in [0.5, 0.6) is 11.5 Å². The van der Waals surface area contributed by atoms with Crippen molar-refractivity contribution >= 4 is 49.7 Å². The SMILES string of the molecule is N#Cc1cnc2ccc([N+](=O)[O-])cc2c1Nc1ccc(Oc2ccc(S(=O)(=O)O)c(Cl)c2)cc1. The fourth-order valence-electron chi connectivity index (χ4n) is 3.15. The molecule has 1 heterocycles. The van der Waals surface area contributed by atoms with Crippen LogP contribution in [0.3, 0.4) is 0 Å². The Kier molecular flexibility index (Phi) is 6.04. The number of nitrogens with one attached hydrogen (secondary N) is 1. The van der Waals surface area contributed by atoms with E-state index in [4.69, 9.17) is 20.9 Å². The lowest BCUT2D eigenvalue weighted by Gasteiger charge is -2.12. The molecule has 34 heavy (non-hydrogen) atoms. The lowest BCUT2D eigenvalue weighted by molar-refractivity contribution is -0.384. The van der Waals surface area contributed by atoms with Gasteiger partial charge in [-0.15, -0.1) is 0 Å². The Bertz CT molecular complexity index is 1580. The van der Waals surface area contributed by atoms with Crippen molar-refractivity contribution in [3.8, 4) is 17.6 Å². The van der Waals surface area contributed by atoms with Crippen LogP contribution in [0.2, 0.25) is 5.02 Å². The lowest BCUT2D eigenvalue weighted by atomic mass is 10.1. The number of anilines is 2. The number of non-ortho nitro benzene ring substituents is 1. The number of hydrogen-bond acceptors (Lipinski definition) is 8. The van der Waals surface area contributed by atoms with Gasteiger partial charge in [0.05, 0.1) is 26.7 Å². The first-order valence-electron chi connectivity index (χ1n) is 9.45. The van der Waals surface area contributed by atoms with Gasteiger partial charge in [-0.25, -0.2) is 0 Å². The molecule has 1 aromatic heterocycles. The van der Waals surface area contributed by atoms with Crippen LogP contribution in [-0.4, -0.2) is 22.9 Å². The molecule has 4 aromatic rings. The van der Waals surface area contributed by atoms with Crippen molar-refractivity contribution in [2.45, 2.75) is 4.90 Å². The Hall–Kier alpha value is -4.24. The van der Waals surface area contributed by atoms with Crippen molar-refractivity contribution in [1.29, 1.82) is 5.26 Å². The second-order valence-corrected chi connectivity index (χ2v) is 8.73. The van der Waals surface area contributed by atoms with Gasteiger partial charge in [0.1, 0.15) is 22.5 Å². The van der Waals surface area contributed by atoms with E-state index in [1.165, 1.54) is 36.5 Å². The number of pyridine rings is 1. The zero-order valence-corrected chi connectivity index (χ0v) is 18.5. The van der Waals surface area contributed by atoms with E-state index in [-0.39, 0.29) is 22.0 Å². The van der Waals surface area contributed by atoms with Gasteiger partial charge in [-0.3, -0.25) is 19.7 Å². The molecular formula is C22H13ClN4O6S. The van der Waals surface area contributed by atoms with E-state index in [2.05, 4.69) is 10.3 Å². The summed E-state index contributed by atoms with van der Waals surface area (Å²) in [4.78, 5) is 14.4. The minimum absolute atomic E-state index is 0.130. The van der Waals surface area contributed by atoms with Gasteiger partial charge in [0.2, 0.25) is 0 Å². The molecule has 0 fully saturated rings. The van der Waals surface area contributed by atoms with Gasteiger partial charge in [0.15, 0.2) is 0 Å². The van der Waals surface area contributed by atoms with Gasteiger partial charge >= 0.3 is 0 Å². The van der Waals surface area contributed by atoms with Gasteiger partial charge in [-0.2, -0.15) is 13.7 Å². The maximum atomic E-state index is 11.3. The predicted molar refractivity (Wildman–Crippen MR) is 124 cm³/mol. The topological polar surface area (TPSA) is 155 Å². The first kappa shape index (κ1) is 22.9. The second-order valence-electron chi connectivity index (χ2n) is 6.94. The third kappa shape index (κ3) is 4.74. The highest BCUT2D eigenvalue weighted by Crippen LogP contribution is 2.33. The van der Waals surface area contributed by atoms with Crippen molar-refractivity contribution in [2.24, 2.45) is 0 Å². The van der Waals surface area contributed by atoms with E-state index in [1.807, 2.05) is 6.07 Å². The number of nitriles is 1. The monoisotopic (exact) mass is 496 g/mol. The van der Waals surface area contributed by atoms with Gasteiger partial charge in [-0.1, -0.05) is 11.6 Å². The van der Waals surface area contributed by atoms with Crippen LogP contribution in [0.15, 0.2) is 71.8 Å². The van der Waals surface area contributed by atoms with E-state index >= 15 is 0 Å². The third-order valence-electron chi connectivity index (χ3n) is 4.72. The van der Waals surface area contributed by atoms with E-state index in [0.29, 0.717) is 28.0 Å². The minimum Gasteiger partial charge on any atom is -0.457 e. The maximum Gasteiger partial charge on any atom is 0.296 e. The molecule has 0 aliphatic carbocycles. The molecule has 0 radical (unpaired) electrons. The first-order valence-corrected chi connectivity index (χ1v) is 11.3. The molecule has 0 aliphatic rings. The molecule has 0 bridgehead atoms. The van der Waals surface area contributed by atoms with E-state index in [9.17, 15) is 23.8 Å². The lowest BCUT2D eigenvalue weighted by Crippen LogP contribution is -1.99. The average molecular weight is 497 g/mol. The summed E-state index contributed by atoms with van der Waals surface area (Å²) in [6.07, 6.45) is 1.38. The summed E-state index contributed by atoms with van der Waals surface area (Å²) in [5.74, 6) is 0.647. The van der Waals surface area contributed by atoms with Gasteiger partial charge in [0, 0.05) is 35.5 Å². The Labute approximate surface area is 197 Å². The van der Waals surface area contributed by atoms with Crippen LogP contribution < -0.4 is 10.1 Å². The Morgan fingerprint density at radius 2 is 1.79 bits per heavy atom. The molecule has 0 saturated carbocycles. The van der Waals surface area contributed by atoms with Crippen LogP contribution in [0, 0.1) is 21.4 Å². The highest BCUT2D eigenvalue weighted by atomic mass is 35.5. The summed E-state index contributed by atoms with van der Waals surface area (Å²) in [6.45, 7) is 0. The van der Waals surface area contributed by atoms with Crippen LogP contribution in [0.1, 0.15) is 5.56 Å².